The van der Waals surface area contributed by atoms with Gasteiger partial charge in [0.1, 0.15) is 0 Å². The second-order valence-corrected chi connectivity index (χ2v) is 18.4. The minimum Gasteiger partial charge on any atom is -0.310 e. The second-order valence-electron chi connectivity index (χ2n) is 18.4. The third-order valence-corrected chi connectivity index (χ3v) is 14.8. The van der Waals surface area contributed by atoms with Gasteiger partial charge in [-0.25, -0.2) is 0 Å². The predicted octanol–water partition coefficient (Wildman–Crippen LogP) is 17.6. The van der Waals surface area contributed by atoms with Crippen molar-refractivity contribution < 1.29 is 0 Å². The Hall–Kier alpha value is -8.98. The average molecular weight is 877 g/mol. The summed E-state index contributed by atoms with van der Waals surface area (Å²) < 4.78 is 2.37. The molecule has 0 saturated carbocycles. The summed E-state index contributed by atoms with van der Waals surface area (Å²) in [5.74, 6) is 0. The van der Waals surface area contributed by atoms with E-state index in [1.54, 1.807) is 0 Å². The number of hydrogen-bond donors (Lipinski definition) is 0. The molecule has 0 bridgehead atoms. The van der Waals surface area contributed by atoms with E-state index >= 15 is 0 Å². The van der Waals surface area contributed by atoms with Crippen molar-refractivity contribution in [2.45, 2.75) is 5.41 Å². The molecule has 0 amide bonds. The third-order valence-electron chi connectivity index (χ3n) is 14.8. The van der Waals surface area contributed by atoms with Crippen LogP contribution in [0.5, 0.6) is 0 Å². The van der Waals surface area contributed by atoms with Crippen molar-refractivity contribution in [2.75, 3.05) is 4.90 Å². The Bertz CT molecular complexity index is 3870. The summed E-state index contributed by atoms with van der Waals surface area (Å²) in [5.41, 5.74) is 24.2. The number of rotatable bonds is 7. The first-order valence-electron chi connectivity index (χ1n) is 23.9. The van der Waals surface area contributed by atoms with Crippen molar-refractivity contribution in [3.63, 3.8) is 0 Å². The fraction of sp³-hybridized carbons (Fsp3) is 0.0149. The summed E-state index contributed by atoms with van der Waals surface area (Å²) in [6.45, 7) is 0. The molecule has 1 aromatic heterocycles. The van der Waals surface area contributed by atoms with Crippen LogP contribution in [0.25, 0.3) is 83.1 Å². The predicted molar refractivity (Wildman–Crippen MR) is 288 cm³/mol. The zero-order valence-corrected chi connectivity index (χ0v) is 37.8. The van der Waals surface area contributed by atoms with Crippen molar-refractivity contribution in [3.05, 3.63) is 289 Å². The van der Waals surface area contributed by atoms with Crippen molar-refractivity contribution in [2.24, 2.45) is 0 Å². The van der Waals surface area contributed by atoms with E-state index in [-0.39, 0.29) is 0 Å². The molecule has 0 N–H and O–H groups in total. The van der Waals surface area contributed by atoms with E-state index < -0.39 is 5.41 Å². The van der Waals surface area contributed by atoms with Crippen LogP contribution in [0.1, 0.15) is 22.3 Å². The van der Waals surface area contributed by atoms with Crippen LogP contribution in [0, 0.1) is 0 Å². The number of benzene rings is 11. The molecule has 0 aliphatic heterocycles. The summed E-state index contributed by atoms with van der Waals surface area (Å²) in [4.78, 5) is 2.43. The molecule has 0 atom stereocenters. The van der Waals surface area contributed by atoms with E-state index in [0.29, 0.717) is 0 Å². The highest BCUT2D eigenvalue weighted by atomic mass is 15.1. The van der Waals surface area contributed by atoms with Gasteiger partial charge in [0.15, 0.2) is 0 Å². The first-order chi connectivity index (χ1) is 34.2. The smallest absolute Gasteiger partial charge is 0.0726 e. The summed E-state index contributed by atoms with van der Waals surface area (Å²) in [6, 6.07) is 98.4. The Balaban J connectivity index is 0.880. The SMILES string of the molecule is c1ccc(-c2ccc(N(c3ccc(-c4cccc(-c5ccc6c(c5)c5ccccc5n6-c5ccccc5)c4)cc3)c3ccc4c(c3)C3(c5ccccc5-c5ccccc53)c3ccccc3-4)cc2)cc1. The molecule has 14 rings (SSSR count). The van der Waals surface area contributed by atoms with Crippen LogP contribution in [-0.4, -0.2) is 4.57 Å². The molecule has 2 nitrogen and oxygen atoms in total. The molecule has 0 saturated heterocycles. The van der Waals surface area contributed by atoms with Crippen molar-refractivity contribution >= 4 is 38.9 Å². The Morgan fingerprint density at radius 2 is 0.696 bits per heavy atom. The van der Waals surface area contributed by atoms with Crippen molar-refractivity contribution in [3.8, 4) is 61.3 Å². The Morgan fingerprint density at radius 1 is 0.261 bits per heavy atom. The third kappa shape index (κ3) is 5.99. The molecule has 1 spiro atoms. The molecular weight excluding hydrogens is 833 g/mol. The normalized spacial score (nSPS) is 12.8. The highest BCUT2D eigenvalue weighted by Gasteiger charge is 2.51. The molecule has 12 aromatic rings. The summed E-state index contributed by atoms with van der Waals surface area (Å²) >= 11 is 0. The second kappa shape index (κ2) is 15.6. The monoisotopic (exact) mass is 876 g/mol. The van der Waals surface area contributed by atoms with Crippen molar-refractivity contribution in [1.29, 1.82) is 0 Å². The molecule has 0 fully saturated rings. The minimum atomic E-state index is -0.434. The lowest BCUT2D eigenvalue weighted by molar-refractivity contribution is 0.793. The lowest BCUT2D eigenvalue weighted by atomic mass is 9.70. The van der Waals surface area contributed by atoms with Gasteiger partial charge in [-0.3, -0.25) is 0 Å². The summed E-state index contributed by atoms with van der Waals surface area (Å²) in [5, 5.41) is 2.51. The molecule has 11 aromatic carbocycles. The molecule has 2 aliphatic rings. The van der Waals surface area contributed by atoms with Crippen LogP contribution in [0.15, 0.2) is 267 Å². The van der Waals surface area contributed by atoms with Gasteiger partial charge >= 0.3 is 0 Å². The van der Waals surface area contributed by atoms with Crippen LogP contribution in [-0.2, 0) is 5.41 Å². The Labute approximate surface area is 402 Å². The standard InChI is InChI=1S/C67H44N2/c1-3-16-45(17-4-1)46-30-35-52(36-31-46)68(54-39-40-58-57-24-9-13-28-63(57)67(64(58)44-54)61-26-11-7-22-55(61)56-23-8-12-27-62(56)67)53-37-32-47(33-38-53)48-18-15-19-49(42-48)50-34-41-66-60(43-50)59-25-10-14-29-65(59)69(66)51-20-5-2-6-21-51/h1-44H. The maximum atomic E-state index is 2.48. The van der Waals surface area contributed by atoms with Crippen LogP contribution in [0.3, 0.4) is 0 Å². The van der Waals surface area contributed by atoms with Gasteiger partial charge in [0, 0.05) is 33.5 Å². The van der Waals surface area contributed by atoms with Crippen LogP contribution >= 0.6 is 0 Å². The van der Waals surface area contributed by atoms with Gasteiger partial charge in [-0.2, -0.15) is 0 Å². The van der Waals surface area contributed by atoms with Gasteiger partial charge in [-0.05, 0) is 151 Å². The first-order valence-corrected chi connectivity index (χ1v) is 23.9. The van der Waals surface area contributed by atoms with Gasteiger partial charge < -0.3 is 9.47 Å². The number of hydrogen-bond acceptors (Lipinski definition) is 1. The number of nitrogens with zero attached hydrogens (tertiary/aromatic N) is 2. The number of fused-ring (bicyclic) bond motifs is 13. The van der Waals surface area contributed by atoms with E-state index in [9.17, 15) is 0 Å². The van der Waals surface area contributed by atoms with E-state index in [2.05, 4.69) is 276 Å². The van der Waals surface area contributed by atoms with Gasteiger partial charge in [0.25, 0.3) is 0 Å². The minimum absolute atomic E-state index is 0.434. The van der Waals surface area contributed by atoms with E-state index in [1.165, 1.54) is 105 Å². The molecular formula is C67H44N2. The summed E-state index contributed by atoms with van der Waals surface area (Å²) in [6.07, 6.45) is 0. The largest absolute Gasteiger partial charge is 0.310 e. The van der Waals surface area contributed by atoms with E-state index in [0.717, 1.165) is 17.1 Å². The zero-order chi connectivity index (χ0) is 45.5. The number of anilines is 3. The lowest BCUT2D eigenvalue weighted by Crippen LogP contribution is -2.26. The molecule has 322 valence electrons. The van der Waals surface area contributed by atoms with Gasteiger partial charge in [0.05, 0.1) is 16.4 Å². The maximum Gasteiger partial charge on any atom is 0.0726 e. The van der Waals surface area contributed by atoms with Gasteiger partial charge in [-0.1, -0.05) is 194 Å². The van der Waals surface area contributed by atoms with Crippen molar-refractivity contribution in [1.82, 2.24) is 4.57 Å². The Morgan fingerprint density at radius 3 is 1.33 bits per heavy atom. The van der Waals surface area contributed by atoms with Gasteiger partial charge in [0.2, 0.25) is 0 Å². The number of aromatic nitrogens is 1. The topological polar surface area (TPSA) is 8.17 Å². The molecule has 69 heavy (non-hydrogen) atoms. The molecule has 0 radical (unpaired) electrons. The van der Waals surface area contributed by atoms with Gasteiger partial charge in [-0.15, -0.1) is 0 Å². The first kappa shape index (κ1) is 39.2. The van der Waals surface area contributed by atoms with E-state index in [4.69, 9.17) is 0 Å². The lowest BCUT2D eigenvalue weighted by Gasteiger charge is -2.32. The average Bonchev–Trinajstić information content (AvgIpc) is 4.03. The van der Waals surface area contributed by atoms with Crippen LogP contribution in [0.2, 0.25) is 0 Å². The maximum absolute atomic E-state index is 2.48. The highest BCUT2D eigenvalue weighted by Crippen LogP contribution is 2.63. The Kier molecular flexibility index (Phi) is 8.84. The highest BCUT2D eigenvalue weighted by molar-refractivity contribution is 6.10. The molecule has 2 aliphatic carbocycles. The number of para-hydroxylation sites is 2. The van der Waals surface area contributed by atoms with Crippen LogP contribution in [0.4, 0.5) is 17.1 Å². The van der Waals surface area contributed by atoms with Crippen LogP contribution < -0.4 is 4.90 Å². The molecule has 1 heterocycles. The van der Waals surface area contributed by atoms with E-state index in [1.807, 2.05) is 0 Å². The zero-order valence-electron chi connectivity index (χ0n) is 37.8. The fourth-order valence-electron chi connectivity index (χ4n) is 11.8. The molecule has 0 unspecified atom stereocenters. The summed E-state index contributed by atoms with van der Waals surface area (Å²) in [7, 11) is 0. The molecule has 2 heteroatoms. The fourth-order valence-corrected chi connectivity index (χ4v) is 11.8. The quantitative estimate of drug-likeness (QED) is 0.155.